The highest BCUT2D eigenvalue weighted by Crippen LogP contribution is 2.13. The van der Waals surface area contributed by atoms with Gasteiger partial charge in [0, 0.05) is 12.8 Å². The maximum absolute atomic E-state index is 12.2. The predicted octanol–water partition coefficient (Wildman–Crippen LogP) is 12.5. The van der Waals surface area contributed by atoms with E-state index in [0.29, 0.717) is 12.8 Å². The Morgan fingerprint density at radius 1 is 0.489 bits per heavy atom. The molecule has 0 heterocycles. The average Bonchev–Trinajstić information content (AvgIpc) is 3.07. The SMILES string of the molecule is CCCCCCC/C=C\C/C=C\C/C=C\CCCCCCCCCCC(=O)OC(CO)COC(=O)CCCCCCCCCCCC. The quantitative estimate of drug-likeness (QED) is 0.0411. The number of rotatable bonds is 36. The van der Waals surface area contributed by atoms with Crippen LogP contribution in [0.2, 0.25) is 0 Å². The molecule has 0 radical (unpaired) electrons. The molecule has 0 rings (SSSR count). The van der Waals surface area contributed by atoms with Crippen molar-refractivity contribution in [3.63, 3.8) is 0 Å². The zero-order chi connectivity index (χ0) is 34.3. The second kappa shape index (κ2) is 38.6. The van der Waals surface area contributed by atoms with Gasteiger partial charge in [-0.3, -0.25) is 9.59 Å². The van der Waals surface area contributed by atoms with Gasteiger partial charge in [-0.05, 0) is 51.4 Å². The van der Waals surface area contributed by atoms with Crippen molar-refractivity contribution >= 4 is 11.9 Å². The van der Waals surface area contributed by atoms with Crippen molar-refractivity contribution in [1.82, 2.24) is 0 Å². The summed E-state index contributed by atoms with van der Waals surface area (Å²) >= 11 is 0. The van der Waals surface area contributed by atoms with E-state index >= 15 is 0 Å². The standard InChI is InChI=1S/C42H76O5/c1-3-5-7-9-11-13-15-16-17-18-19-20-21-22-23-24-25-26-27-29-31-33-35-37-42(45)47-40(38-43)39-46-41(44)36-34-32-30-28-14-12-10-8-6-4-2/h15-16,18-19,21-22,40,43H,3-14,17,20,23-39H2,1-2H3/b16-15-,19-18-,22-21-. The molecule has 0 bridgehead atoms. The van der Waals surface area contributed by atoms with Crippen LogP contribution in [0.15, 0.2) is 36.5 Å². The van der Waals surface area contributed by atoms with E-state index in [1.54, 1.807) is 0 Å². The fourth-order valence-electron chi connectivity index (χ4n) is 5.62. The Hall–Kier alpha value is -1.88. The van der Waals surface area contributed by atoms with Crippen molar-refractivity contribution in [3.8, 4) is 0 Å². The normalized spacial score (nSPS) is 12.5. The summed E-state index contributed by atoms with van der Waals surface area (Å²) in [5.74, 6) is -0.598. The summed E-state index contributed by atoms with van der Waals surface area (Å²) in [6.07, 6.45) is 46.4. The molecule has 0 aromatic rings. The molecule has 0 aliphatic heterocycles. The molecule has 0 saturated carbocycles. The average molecular weight is 661 g/mol. The molecule has 1 atom stereocenters. The monoisotopic (exact) mass is 661 g/mol. The number of unbranched alkanes of at least 4 members (excludes halogenated alkanes) is 22. The summed E-state index contributed by atoms with van der Waals surface area (Å²) in [6, 6.07) is 0. The summed E-state index contributed by atoms with van der Waals surface area (Å²) in [4.78, 5) is 24.2. The van der Waals surface area contributed by atoms with Gasteiger partial charge < -0.3 is 14.6 Å². The Morgan fingerprint density at radius 2 is 0.851 bits per heavy atom. The van der Waals surface area contributed by atoms with Crippen LogP contribution in [0, 0.1) is 0 Å². The Morgan fingerprint density at radius 3 is 1.28 bits per heavy atom. The first kappa shape index (κ1) is 45.1. The summed E-state index contributed by atoms with van der Waals surface area (Å²) < 4.78 is 10.6. The van der Waals surface area contributed by atoms with Crippen LogP contribution in [0.4, 0.5) is 0 Å². The van der Waals surface area contributed by atoms with Crippen LogP contribution >= 0.6 is 0 Å². The largest absolute Gasteiger partial charge is 0.462 e. The lowest BCUT2D eigenvalue weighted by Gasteiger charge is -2.15. The van der Waals surface area contributed by atoms with E-state index in [0.717, 1.165) is 51.4 Å². The van der Waals surface area contributed by atoms with Crippen molar-refractivity contribution in [2.75, 3.05) is 13.2 Å². The Kier molecular flexibility index (Phi) is 37.0. The van der Waals surface area contributed by atoms with Crippen LogP contribution in [0.25, 0.3) is 0 Å². The lowest BCUT2D eigenvalue weighted by molar-refractivity contribution is -0.161. The molecule has 0 amide bonds. The third kappa shape index (κ3) is 36.8. The number of allylic oxidation sites excluding steroid dienone is 6. The van der Waals surface area contributed by atoms with Gasteiger partial charge in [-0.15, -0.1) is 0 Å². The molecule has 5 nitrogen and oxygen atoms in total. The first-order valence-corrected chi connectivity index (χ1v) is 20.0. The number of aliphatic hydroxyl groups excluding tert-OH is 1. The van der Waals surface area contributed by atoms with Gasteiger partial charge in [-0.2, -0.15) is 0 Å². The maximum atomic E-state index is 12.2. The van der Waals surface area contributed by atoms with E-state index in [-0.39, 0.29) is 25.2 Å². The molecule has 0 saturated heterocycles. The maximum Gasteiger partial charge on any atom is 0.306 e. The number of aliphatic hydroxyl groups is 1. The van der Waals surface area contributed by atoms with Crippen LogP contribution < -0.4 is 0 Å². The summed E-state index contributed by atoms with van der Waals surface area (Å²) in [5, 5.41) is 9.53. The second-order valence-electron chi connectivity index (χ2n) is 13.4. The van der Waals surface area contributed by atoms with E-state index in [2.05, 4.69) is 50.3 Å². The molecule has 5 heteroatoms. The second-order valence-corrected chi connectivity index (χ2v) is 13.4. The van der Waals surface area contributed by atoms with E-state index in [1.165, 1.54) is 122 Å². The van der Waals surface area contributed by atoms with E-state index in [9.17, 15) is 14.7 Å². The zero-order valence-corrected chi connectivity index (χ0v) is 31.0. The van der Waals surface area contributed by atoms with E-state index < -0.39 is 6.10 Å². The third-order valence-corrected chi connectivity index (χ3v) is 8.69. The molecule has 1 N–H and O–H groups in total. The molecular weight excluding hydrogens is 584 g/mol. The van der Waals surface area contributed by atoms with Gasteiger partial charge in [-0.25, -0.2) is 0 Å². The van der Waals surface area contributed by atoms with Crippen LogP contribution in [-0.2, 0) is 19.1 Å². The predicted molar refractivity (Wildman–Crippen MR) is 201 cm³/mol. The fourth-order valence-corrected chi connectivity index (χ4v) is 5.62. The van der Waals surface area contributed by atoms with E-state index in [1.807, 2.05) is 0 Å². The highest BCUT2D eigenvalue weighted by atomic mass is 16.6. The third-order valence-electron chi connectivity index (χ3n) is 8.69. The number of hydrogen-bond acceptors (Lipinski definition) is 5. The number of carbonyl (C=O) groups excluding carboxylic acids is 2. The number of esters is 2. The van der Waals surface area contributed by atoms with Crippen molar-refractivity contribution in [2.24, 2.45) is 0 Å². The van der Waals surface area contributed by atoms with Crippen LogP contribution in [0.5, 0.6) is 0 Å². The highest BCUT2D eigenvalue weighted by molar-refractivity contribution is 5.70. The first-order valence-electron chi connectivity index (χ1n) is 20.0. The topological polar surface area (TPSA) is 72.8 Å². The molecule has 0 aliphatic rings. The van der Waals surface area contributed by atoms with Crippen molar-refractivity contribution in [3.05, 3.63) is 36.5 Å². The molecule has 0 aromatic carbocycles. The Bertz CT molecular complexity index is 756. The fraction of sp³-hybridized carbons (Fsp3) is 0.810. The van der Waals surface area contributed by atoms with Gasteiger partial charge in [0.2, 0.25) is 0 Å². The zero-order valence-electron chi connectivity index (χ0n) is 31.0. The van der Waals surface area contributed by atoms with Gasteiger partial charge in [0.1, 0.15) is 6.61 Å². The minimum absolute atomic E-state index is 0.0666. The highest BCUT2D eigenvalue weighted by Gasteiger charge is 2.16. The Balaban J connectivity index is 3.55. The van der Waals surface area contributed by atoms with Gasteiger partial charge in [0.15, 0.2) is 6.10 Å². The van der Waals surface area contributed by atoms with Crippen molar-refractivity contribution in [1.29, 1.82) is 0 Å². The number of hydrogen-bond donors (Lipinski definition) is 1. The lowest BCUT2D eigenvalue weighted by atomic mass is 10.1. The van der Waals surface area contributed by atoms with Crippen LogP contribution in [0.1, 0.15) is 200 Å². The van der Waals surface area contributed by atoms with Gasteiger partial charge in [0.25, 0.3) is 0 Å². The molecule has 0 aliphatic carbocycles. The summed E-state index contributed by atoms with van der Waals surface area (Å²) in [6.45, 7) is 4.10. The number of carbonyl (C=O) groups is 2. The summed E-state index contributed by atoms with van der Waals surface area (Å²) in [7, 11) is 0. The lowest BCUT2D eigenvalue weighted by Crippen LogP contribution is -2.28. The van der Waals surface area contributed by atoms with E-state index in [4.69, 9.17) is 9.47 Å². The molecule has 47 heavy (non-hydrogen) atoms. The number of ether oxygens (including phenoxy) is 2. The summed E-state index contributed by atoms with van der Waals surface area (Å²) in [5.41, 5.74) is 0. The minimum Gasteiger partial charge on any atom is -0.462 e. The minimum atomic E-state index is -0.771. The molecule has 0 aromatic heterocycles. The van der Waals surface area contributed by atoms with Crippen LogP contribution in [-0.4, -0.2) is 36.4 Å². The smallest absolute Gasteiger partial charge is 0.306 e. The van der Waals surface area contributed by atoms with Crippen molar-refractivity contribution in [2.45, 2.75) is 206 Å². The van der Waals surface area contributed by atoms with Crippen LogP contribution in [0.3, 0.4) is 0 Å². The molecule has 1 unspecified atom stereocenters. The van der Waals surface area contributed by atoms with Gasteiger partial charge in [0.05, 0.1) is 6.61 Å². The molecular formula is C42H76O5. The van der Waals surface area contributed by atoms with Gasteiger partial charge >= 0.3 is 11.9 Å². The first-order chi connectivity index (χ1) is 23.1. The molecule has 274 valence electrons. The molecule has 0 fully saturated rings. The van der Waals surface area contributed by atoms with Crippen molar-refractivity contribution < 1.29 is 24.2 Å². The van der Waals surface area contributed by atoms with Gasteiger partial charge in [-0.1, -0.05) is 172 Å². The Labute approximate surface area is 291 Å². The molecule has 0 spiro atoms.